The third-order valence-corrected chi connectivity index (χ3v) is 9.67. The van der Waals surface area contributed by atoms with E-state index in [-0.39, 0.29) is 37.0 Å². The van der Waals surface area contributed by atoms with Gasteiger partial charge in [-0.25, -0.2) is 4.98 Å². The molecule has 9 nitrogen and oxygen atoms in total. The van der Waals surface area contributed by atoms with Gasteiger partial charge < -0.3 is 24.7 Å². The molecule has 0 saturated carbocycles. The number of hydrogen-bond donors (Lipinski definition) is 2. The molecular weight excluding hydrogens is 619 g/mol. The second-order valence-electron chi connectivity index (χ2n) is 12.1. The summed E-state index contributed by atoms with van der Waals surface area (Å²) >= 11 is 1.43. The number of fused-ring (bicyclic) bond motifs is 1. The van der Waals surface area contributed by atoms with E-state index in [1.54, 1.807) is 19.2 Å². The summed E-state index contributed by atoms with van der Waals surface area (Å²) in [5.74, 6) is -0.0386. The predicted octanol–water partition coefficient (Wildman–Crippen LogP) is 5.92. The van der Waals surface area contributed by atoms with Crippen LogP contribution in [0.2, 0.25) is 0 Å². The Hall–Kier alpha value is -3.71. The van der Waals surface area contributed by atoms with E-state index in [0.717, 1.165) is 23.0 Å². The molecule has 0 unspecified atom stereocenters. The van der Waals surface area contributed by atoms with E-state index in [1.807, 2.05) is 57.2 Å². The maximum absolute atomic E-state index is 13.7. The van der Waals surface area contributed by atoms with Crippen molar-refractivity contribution in [3.05, 3.63) is 63.2 Å². The lowest BCUT2D eigenvalue weighted by atomic mass is 9.89. The number of ether oxygens (including phenoxy) is 2. The predicted molar refractivity (Wildman–Crippen MR) is 173 cm³/mol. The van der Waals surface area contributed by atoms with Gasteiger partial charge in [0.1, 0.15) is 5.82 Å². The summed E-state index contributed by atoms with van der Waals surface area (Å²) in [6, 6.07) is 7.42. The standard InChI is InChI=1S/C33H40F3N5O4S/c1-7-40(5)27-9-8-21(16-37-27)24-15-23(30(42)38-17-25-26(46-6)14-19(2)39-31(25)43)20(3)28-29(24)45-32(4,44-28)22-10-12-41(13-11-22)18-33(34,35)36/h8-9,14-16,22H,7,10-13,17-18H2,1-6H3,(H,38,42)(H,39,43)/t32-/m0/s1. The fourth-order valence-electron chi connectivity index (χ4n) is 6.10. The molecule has 1 aromatic carbocycles. The Morgan fingerprint density at radius 3 is 2.50 bits per heavy atom. The first-order chi connectivity index (χ1) is 21.7. The maximum Gasteiger partial charge on any atom is 0.401 e. The molecule has 0 aliphatic carbocycles. The number of aromatic amines is 1. The van der Waals surface area contributed by atoms with E-state index < -0.39 is 18.5 Å². The third kappa shape index (κ3) is 7.00. The van der Waals surface area contributed by atoms with Crippen LogP contribution in [0.1, 0.15) is 53.9 Å². The number of anilines is 1. The summed E-state index contributed by atoms with van der Waals surface area (Å²) in [5, 5.41) is 2.91. The highest BCUT2D eigenvalue weighted by atomic mass is 32.2. The van der Waals surface area contributed by atoms with E-state index in [1.165, 1.54) is 16.7 Å². The number of pyridine rings is 2. The first-order valence-electron chi connectivity index (χ1n) is 15.3. The Kier molecular flexibility index (Phi) is 9.65. The highest BCUT2D eigenvalue weighted by molar-refractivity contribution is 7.98. The molecule has 248 valence electrons. The number of hydrogen-bond acceptors (Lipinski definition) is 8. The second-order valence-corrected chi connectivity index (χ2v) is 12.9. The molecule has 4 heterocycles. The van der Waals surface area contributed by atoms with Gasteiger partial charge in [-0.1, -0.05) is 0 Å². The topological polar surface area (TPSA) is 99.8 Å². The number of piperidine rings is 1. The molecule has 13 heteroatoms. The number of H-pyrrole nitrogens is 1. The number of nitrogens with one attached hydrogen (secondary N) is 2. The minimum atomic E-state index is -4.25. The van der Waals surface area contributed by atoms with Gasteiger partial charge in [0.15, 0.2) is 11.5 Å². The van der Waals surface area contributed by atoms with Gasteiger partial charge in [0, 0.05) is 77.6 Å². The van der Waals surface area contributed by atoms with Crippen LogP contribution >= 0.6 is 11.8 Å². The molecule has 1 amide bonds. The Morgan fingerprint density at radius 2 is 1.89 bits per heavy atom. The number of likely N-dealkylation sites (tertiary alicyclic amines) is 1. The number of aryl methyl sites for hydroxylation is 1. The molecule has 5 rings (SSSR count). The lowest BCUT2D eigenvalue weighted by Gasteiger charge is -2.39. The van der Waals surface area contributed by atoms with Crippen LogP contribution in [0.15, 0.2) is 40.2 Å². The summed E-state index contributed by atoms with van der Waals surface area (Å²) in [6.07, 6.45) is 0.271. The normalized spacial score (nSPS) is 18.5. The van der Waals surface area contributed by atoms with Gasteiger partial charge in [0.2, 0.25) is 0 Å². The van der Waals surface area contributed by atoms with Crippen LogP contribution in [0.5, 0.6) is 11.5 Å². The molecule has 2 aromatic heterocycles. The lowest BCUT2D eigenvalue weighted by molar-refractivity contribution is -0.159. The number of carbonyl (C=O) groups excluding carboxylic acids is 1. The number of aromatic nitrogens is 2. The first kappa shape index (κ1) is 33.6. The third-order valence-electron chi connectivity index (χ3n) is 8.87. The summed E-state index contributed by atoms with van der Waals surface area (Å²) in [7, 11) is 1.94. The number of benzene rings is 1. The summed E-state index contributed by atoms with van der Waals surface area (Å²) in [5.41, 5.74) is 3.19. The van der Waals surface area contributed by atoms with Gasteiger partial charge in [-0.15, -0.1) is 11.8 Å². The Labute approximate surface area is 270 Å². The van der Waals surface area contributed by atoms with Crippen molar-refractivity contribution in [1.29, 1.82) is 0 Å². The summed E-state index contributed by atoms with van der Waals surface area (Å²) in [4.78, 5) is 38.1. The van der Waals surface area contributed by atoms with E-state index in [4.69, 9.17) is 9.47 Å². The molecule has 0 radical (unpaired) electrons. The van der Waals surface area contributed by atoms with Crippen molar-refractivity contribution in [2.75, 3.05) is 44.4 Å². The van der Waals surface area contributed by atoms with Crippen molar-refractivity contribution in [2.24, 2.45) is 5.92 Å². The van der Waals surface area contributed by atoms with Gasteiger partial charge in [-0.2, -0.15) is 13.2 Å². The zero-order valence-corrected chi connectivity index (χ0v) is 27.7. The van der Waals surface area contributed by atoms with Crippen molar-refractivity contribution < 1.29 is 27.4 Å². The molecule has 3 aromatic rings. The number of carbonyl (C=O) groups is 1. The number of nitrogens with zero attached hydrogens (tertiary/aromatic N) is 3. The molecule has 1 atom stereocenters. The van der Waals surface area contributed by atoms with Gasteiger partial charge in [0.05, 0.1) is 6.54 Å². The number of alkyl halides is 3. The Morgan fingerprint density at radius 1 is 1.20 bits per heavy atom. The Balaban J connectivity index is 1.47. The highest BCUT2D eigenvalue weighted by Gasteiger charge is 2.48. The van der Waals surface area contributed by atoms with Gasteiger partial charge in [0.25, 0.3) is 17.3 Å². The van der Waals surface area contributed by atoms with Crippen LogP contribution < -0.4 is 25.2 Å². The molecule has 1 saturated heterocycles. The van der Waals surface area contributed by atoms with E-state index in [2.05, 4.69) is 15.3 Å². The number of thioether (sulfide) groups is 1. The smallest absolute Gasteiger partial charge is 0.401 e. The number of amides is 1. The van der Waals surface area contributed by atoms with Crippen molar-refractivity contribution in [2.45, 2.75) is 63.9 Å². The second kappa shape index (κ2) is 13.2. The molecule has 46 heavy (non-hydrogen) atoms. The average Bonchev–Trinajstić information content (AvgIpc) is 3.38. The highest BCUT2D eigenvalue weighted by Crippen LogP contribution is 2.52. The lowest BCUT2D eigenvalue weighted by Crippen LogP contribution is -2.49. The van der Waals surface area contributed by atoms with Crippen molar-refractivity contribution in [1.82, 2.24) is 20.2 Å². The largest absolute Gasteiger partial charge is 0.448 e. The molecule has 0 bridgehead atoms. The molecule has 2 aliphatic rings. The van der Waals surface area contributed by atoms with E-state index in [0.29, 0.717) is 52.2 Å². The molecule has 0 spiro atoms. The summed E-state index contributed by atoms with van der Waals surface area (Å²) < 4.78 is 52.1. The van der Waals surface area contributed by atoms with Gasteiger partial charge >= 0.3 is 6.18 Å². The van der Waals surface area contributed by atoms with Crippen LogP contribution in [-0.4, -0.2) is 72.2 Å². The zero-order valence-electron chi connectivity index (χ0n) is 26.9. The SMILES string of the molecule is CCN(C)c1ccc(-c2cc(C(=O)NCc3c(SC)cc(C)[nH]c3=O)c(C)c3c2O[C@@](C)(C2CCN(CC(F)(F)F)CC2)O3)cn1. The minimum absolute atomic E-state index is 0.0294. The van der Waals surface area contributed by atoms with Crippen LogP contribution in [0.3, 0.4) is 0 Å². The maximum atomic E-state index is 13.7. The minimum Gasteiger partial charge on any atom is -0.448 e. The van der Waals surface area contributed by atoms with Crippen molar-refractivity contribution in [3.8, 4) is 22.6 Å². The number of rotatable bonds is 9. The average molecular weight is 660 g/mol. The van der Waals surface area contributed by atoms with Gasteiger partial charge in [-0.05, 0) is 77.2 Å². The Bertz CT molecular complexity index is 1650. The molecule has 1 fully saturated rings. The monoisotopic (exact) mass is 659 g/mol. The van der Waals surface area contributed by atoms with Crippen molar-refractivity contribution >= 4 is 23.5 Å². The van der Waals surface area contributed by atoms with Crippen LogP contribution in [0, 0.1) is 19.8 Å². The number of halogens is 3. The van der Waals surface area contributed by atoms with Gasteiger partial charge in [-0.3, -0.25) is 14.5 Å². The van der Waals surface area contributed by atoms with Crippen LogP contribution in [0.4, 0.5) is 19.0 Å². The first-order valence-corrected chi connectivity index (χ1v) is 16.5. The molecule has 2 aliphatic heterocycles. The fraction of sp³-hybridized carbons (Fsp3) is 0.485. The van der Waals surface area contributed by atoms with Crippen molar-refractivity contribution in [3.63, 3.8) is 0 Å². The fourth-order valence-corrected chi connectivity index (χ4v) is 6.81. The quantitative estimate of drug-likeness (QED) is 0.273. The molecule has 2 N–H and O–H groups in total. The van der Waals surface area contributed by atoms with E-state index in [9.17, 15) is 22.8 Å². The van der Waals surface area contributed by atoms with Crippen LogP contribution in [0.25, 0.3) is 11.1 Å². The summed E-state index contributed by atoms with van der Waals surface area (Å²) in [6.45, 7) is 7.83. The van der Waals surface area contributed by atoms with E-state index >= 15 is 0 Å². The zero-order chi connectivity index (χ0) is 33.4. The van der Waals surface area contributed by atoms with Crippen LogP contribution in [-0.2, 0) is 6.54 Å². The molecular formula is C33H40F3N5O4S.